The van der Waals surface area contributed by atoms with E-state index >= 15 is 0 Å². The fourth-order valence-corrected chi connectivity index (χ4v) is 2.37. The van der Waals surface area contributed by atoms with Crippen LogP contribution in [0.4, 0.5) is 0 Å². The second-order valence-corrected chi connectivity index (χ2v) is 4.96. The molecule has 0 saturated carbocycles. The van der Waals surface area contributed by atoms with Gasteiger partial charge in [-0.15, -0.1) is 0 Å². The monoisotopic (exact) mass is 317 g/mol. The Kier molecular flexibility index (Phi) is 6.11. The molecule has 0 aliphatic carbocycles. The van der Waals surface area contributed by atoms with Crippen LogP contribution in [0.2, 0.25) is 0 Å². The summed E-state index contributed by atoms with van der Waals surface area (Å²) in [5.41, 5.74) is 2.07. The lowest BCUT2D eigenvalue weighted by Crippen LogP contribution is -2.14. The summed E-state index contributed by atoms with van der Waals surface area (Å²) in [4.78, 5) is 0. The molecule has 2 rings (SSSR count). The van der Waals surface area contributed by atoms with Gasteiger partial charge in [-0.25, -0.2) is 0 Å². The van der Waals surface area contributed by atoms with Crippen LogP contribution in [0.15, 0.2) is 36.4 Å². The van der Waals surface area contributed by atoms with E-state index in [1.54, 1.807) is 28.4 Å². The highest BCUT2D eigenvalue weighted by Crippen LogP contribution is 2.26. The zero-order chi connectivity index (χ0) is 16.7. The van der Waals surface area contributed by atoms with Crippen molar-refractivity contribution in [2.45, 2.75) is 13.1 Å². The van der Waals surface area contributed by atoms with Gasteiger partial charge in [0.05, 0.1) is 28.4 Å². The quantitative estimate of drug-likeness (QED) is 0.811. The van der Waals surface area contributed by atoms with E-state index in [-0.39, 0.29) is 0 Å². The molecular formula is C18H23NO4. The van der Waals surface area contributed by atoms with E-state index in [0.717, 1.165) is 34.1 Å². The summed E-state index contributed by atoms with van der Waals surface area (Å²) in [5.74, 6) is 3.27. The summed E-state index contributed by atoms with van der Waals surface area (Å²) in [7, 11) is 6.63. The molecular weight excluding hydrogens is 294 g/mol. The number of hydrogen-bond donors (Lipinski definition) is 1. The van der Waals surface area contributed by atoms with Crippen molar-refractivity contribution in [2.24, 2.45) is 0 Å². The first kappa shape index (κ1) is 17.0. The van der Waals surface area contributed by atoms with Gasteiger partial charge in [-0.3, -0.25) is 0 Å². The smallest absolute Gasteiger partial charge is 0.123 e. The molecule has 0 amide bonds. The maximum absolute atomic E-state index is 5.39. The molecule has 0 atom stereocenters. The molecule has 0 bridgehead atoms. The average Bonchev–Trinajstić information content (AvgIpc) is 2.61. The molecule has 0 aliphatic rings. The largest absolute Gasteiger partial charge is 0.497 e. The molecule has 2 aromatic carbocycles. The molecule has 124 valence electrons. The van der Waals surface area contributed by atoms with Gasteiger partial charge in [-0.1, -0.05) is 0 Å². The van der Waals surface area contributed by atoms with E-state index in [1.807, 2.05) is 36.4 Å². The van der Waals surface area contributed by atoms with Gasteiger partial charge < -0.3 is 24.3 Å². The summed E-state index contributed by atoms with van der Waals surface area (Å²) in [6, 6.07) is 11.5. The van der Waals surface area contributed by atoms with Crippen LogP contribution < -0.4 is 24.3 Å². The fraction of sp³-hybridized carbons (Fsp3) is 0.333. The van der Waals surface area contributed by atoms with E-state index < -0.39 is 0 Å². The van der Waals surface area contributed by atoms with Gasteiger partial charge in [0.2, 0.25) is 0 Å². The maximum Gasteiger partial charge on any atom is 0.123 e. The molecule has 0 heterocycles. The molecule has 0 fully saturated rings. The summed E-state index contributed by atoms with van der Waals surface area (Å²) in [6.07, 6.45) is 0. The van der Waals surface area contributed by atoms with E-state index in [4.69, 9.17) is 18.9 Å². The fourth-order valence-electron chi connectivity index (χ4n) is 2.37. The highest BCUT2D eigenvalue weighted by atomic mass is 16.5. The second-order valence-electron chi connectivity index (χ2n) is 4.96. The lowest BCUT2D eigenvalue weighted by Gasteiger charge is -2.13. The molecule has 0 spiro atoms. The van der Waals surface area contributed by atoms with Gasteiger partial charge >= 0.3 is 0 Å². The topological polar surface area (TPSA) is 49.0 Å². The second kappa shape index (κ2) is 8.29. The maximum atomic E-state index is 5.39. The minimum atomic E-state index is 0.654. The lowest BCUT2D eigenvalue weighted by atomic mass is 10.1. The molecule has 5 heteroatoms. The van der Waals surface area contributed by atoms with Gasteiger partial charge in [-0.2, -0.15) is 0 Å². The van der Waals surface area contributed by atoms with Crippen LogP contribution in [0.5, 0.6) is 23.0 Å². The first-order valence-electron chi connectivity index (χ1n) is 7.34. The third kappa shape index (κ3) is 4.29. The minimum Gasteiger partial charge on any atom is -0.497 e. The van der Waals surface area contributed by atoms with Crippen molar-refractivity contribution >= 4 is 0 Å². The van der Waals surface area contributed by atoms with Gasteiger partial charge in [-0.05, 0) is 36.4 Å². The van der Waals surface area contributed by atoms with Crippen molar-refractivity contribution in [3.8, 4) is 23.0 Å². The van der Waals surface area contributed by atoms with E-state index in [9.17, 15) is 0 Å². The summed E-state index contributed by atoms with van der Waals surface area (Å²) < 4.78 is 21.3. The molecule has 0 saturated heterocycles. The van der Waals surface area contributed by atoms with Crippen molar-refractivity contribution < 1.29 is 18.9 Å². The highest BCUT2D eigenvalue weighted by Gasteiger charge is 2.07. The SMILES string of the molecule is COc1ccc(OC)c(CNCc2cc(OC)ccc2OC)c1. The summed E-state index contributed by atoms with van der Waals surface area (Å²) >= 11 is 0. The van der Waals surface area contributed by atoms with Crippen molar-refractivity contribution in [1.29, 1.82) is 0 Å². The highest BCUT2D eigenvalue weighted by molar-refractivity contribution is 5.41. The Balaban J connectivity index is 2.07. The van der Waals surface area contributed by atoms with E-state index in [1.165, 1.54) is 0 Å². The number of methoxy groups -OCH3 is 4. The van der Waals surface area contributed by atoms with Crippen LogP contribution in [0, 0.1) is 0 Å². The standard InChI is InChI=1S/C18H23NO4/c1-20-15-5-7-17(22-3)13(9-15)11-19-12-14-10-16(21-2)6-8-18(14)23-4/h5-10,19H,11-12H2,1-4H3. The lowest BCUT2D eigenvalue weighted by molar-refractivity contribution is 0.393. The predicted octanol–water partition coefficient (Wildman–Crippen LogP) is 3.01. The van der Waals surface area contributed by atoms with Crippen LogP contribution in [-0.4, -0.2) is 28.4 Å². The molecule has 0 aliphatic heterocycles. The zero-order valence-electron chi connectivity index (χ0n) is 14.0. The van der Waals surface area contributed by atoms with Crippen LogP contribution in [0.25, 0.3) is 0 Å². The Hall–Kier alpha value is -2.40. The number of nitrogens with one attached hydrogen (secondary N) is 1. The normalized spacial score (nSPS) is 10.3. The molecule has 2 aromatic rings. The molecule has 0 unspecified atom stereocenters. The van der Waals surface area contributed by atoms with Crippen LogP contribution in [0.1, 0.15) is 11.1 Å². The van der Waals surface area contributed by atoms with Gasteiger partial charge in [0.15, 0.2) is 0 Å². The minimum absolute atomic E-state index is 0.654. The van der Waals surface area contributed by atoms with Crippen LogP contribution in [-0.2, 0) is 13.1 Å². The third-order valence-corrected chi connectivity index (χ3v) is 3.61. The number of benzene rings is 2. The van der Waals surface area contributed by atoms with E-state index in [2.05, 4.69) is 5.32 Å². The van der Waals surface area contributed by atoms with Crippen LogP contribution in [0.3, 0.4) is 0 Å². The summed E-state index contributed by atoms with van der Waals surface area (Å²) in [6.45, 7) is 1.31. The Bertz CT molecular complexity index is 587. The molecule has 23 heavy (non-hydrogen) atoms. The Labute approximate surface area is 137 Å². The van der Waals surface area contributed by atoms with Crippen molar-refractivity contribution in [3.63, 3.8) is 0 Å². The van der Waals surface area contributed by atoms with Gasteiger partial charge in [0.1, 0.15) is 23.0 Å². The van der Waals surface area contributed by atoms with Crippen molar-refractivity contribution in [2.75, 3.05) is 28.4 Å². The van der Waals surface area contributed by atoms with Crippen LogP contribution >= 0.6 is 0 Å². The molecule has 1 N–H and O–H groups in total. The predicted molar refractivity (Wildman–Crippen MR) is 89.6 cm³/mol. The van der Waals surface area contributed by atoms with Gasteiger partial charge in [0, 0.05) is 24.2 Å². The Morgan fingerprint density at radius 2 is 1.09 bits per heavy atom. The first-order valence-corrected chi connectivity index (χ1v) is 7.34. The Morgan fingerprint density at radius 3 is 1.43 bits per heavy atom. The first-order chi connectivity index (χ1) is 11.2. The van der Waals surface area contributed by atoms with Gasteiger partial charge in [0.25, 0.3) is 0 Å². The van der Waals surface area contributed by atoms with Crippen molar-refractivity contribution in [1.82, 2.24) is 5.32 Å². The summed E-state index contributed by atoms with van der Waals surface area (Å²) in [5, 5.41) is 3.40. The molecule has 5 nitrogen and oxygen atoms in total. The number of hydrogen-bond acceptors (Lipinski definition) is 5. The average molecular weight is 317 g/mol. The van der Waals surface area contributed by atoms with Crippen molar-refractivity contribution in [3.05, 3.63) is 47.5 Å². The van der Waals surface area contributed by atoms with E-state index in [0.29, 0.717) is 13.1 Å². The number of ether oxygens (including phenoxy) is 4. The molecule has 0 aromatic heterocycles. The number of rotatable bonds is 8. The zero-order valence-corrected chi connectivity index (χ0v) is 14.0. The Morgan fingerprint density at radius 1 is 0.652 bits per heavy atom. The molecule has 0 radical (unpaired) electrons. The third-order valence-electron chi connectivity index (χ3n) is 3.61.